The smallest absolute Gasteiger partial charge is 0.398 e. The van der Waals surface area contributed by atoms with Gasteiger partial charge in [0.15, 0.2) is 0 Å². The molecule has 1 heterocycles. The van der Waals surface area contributed by atoms with Crippen LogP contribution in [0.25, 0.3) is 0 Å². The van der Waals surface area contributed by atoms with Gasteiger partial charge in [0.2, 0.25) is 0 Å². The molecule has 1 fully saturated rings. The van der Waals surface area contributed by atoms with Crippen molar-refractivity contribution in [3.8, 4) is 0 Å². The summed E-state index contributed by atoms with van der Waals surface area (Å²) < 4.78 is 11.1. The highest BCUT2D eigenvalue weighted by atomic mass is 28.4. The molecular formula is C10H18O3Si. The fourth-order valence-corrected chi connectivity index (χ4v) is 4.26. The Morgan fingerprint density at radius 2 is 2.29 bits per heavy atom. The fraction of sp³-hybridized carbons (Fsp3) is 0.700. The van der Waals surface area contributed by atoms with Crippen LogP contribution in [0.4, 0.5) is 0 Å². The minimum absolute atomic E-state index is 0.221. The highest BCUT2D eigenvalue weighted by molar-refractivity contribution is 6.68. The standard InChI is InChI=1S/C10H18O3Si/c1-8(2)10(11)13-14(4)7-5-6-9(3)12-14/h9H,1,5-7H2,2-4H3. The second-order valence-electron chi connectivity index (χ2n) is 4.12. The van der Waals surface area contributed by atoms with Crippen molar-refractivity contribution >= 4 is 14.5 Å². The highest BCUT2D eigenvalue weighted by Gasteiger charge is 2.39. The van der Waals surface area contributed by atoms with Gasteiger partial charge in [0.05, 0.1) is 0 Å². The molecule has 1 aliphatic heterocycles. The maximum atomic E-state index is 11.4. The fourth-order valence-electron chi connectivity index (χ4n) is 1.61. The van der Waals surface area contributed by atoms with Crippen LogP contribution >= 0.6 is 0 Å². The second kappa shape index (κ2) is 4.27. The molecule has 0 aliphatic carbocycles. The number of hydrogen-bond acceptors (Lipinski definition) is 3. The van der Waals surface area contributed by atoms with Gasteiger partial charge in [0, 0.05) is 17.7 Å². The Kier molecular flexibility index (Phi) is 3.50. The molecule has 1 aliphatic rings. The van der Waals surface area contributed by atoms with Crippen molar-refractivity contribution < 1.29 is 13.6 Å². The van der Waals surface area contributed by atoms with E-state index in [1.807, 2.05) is 13.5 Å². The van der Waals surface area contributed by atoms with E-state index in [2.05, 4.69) is 6.58 Å². The van der Waals surface area contributed by atoms with Crippen LogP contribution in [-0.2, 0) is 13.6 Å². The van der Waals surface area contributed by atoms with Crippen LogP contribution in [0.15, 0.2) is 12.2 Å². The average molecular weight is 214 g/mol. The quantitative estimate of drug-likeness (QED) is 0.523. The first-order valence-electron chi connectivity index (χ1n) is 4.99. The molecule has 0 saturated carbocycles. The summed E-state index contributed by atoms with van der Waals surface area (Å²) in [6.07, 6.45) is 2.37. The van der Waals surface area contributed by atoms with Crippen LogP contribution in [0.3, 0.4) is 0 Å². The summed E-state index contributed by atoms with van der Waals surface area (Å²) in [5, 5.41) is 0. The maximum Gasteiger partial charge on any atom is 0.398 e. The number of carbonyl (C=O) groups excluding carboxylic acids is 1. The largest absolute Gasteiger partial charge is 0.491 e. The molecule has 3 nitrogen and oxygen atoms in total. The van der Waals surface area contributed by atoms with Crippen LogP contribution in [0.1, 0.15) is 26.7 Å². The summed E-state index contributed by atoms with van der Waals surface area (Å²) in [7, 11) is -2.24. The molecule has 0 radical (unpaired) electrons. The zero-order valence-corrected chi connectivity index (χ0v) is 10.1. The van der Waals surface area contributed by atoms with E-state index < -0.39 is 8.56 Å². The molecule has 0 aromatic carbocycles. The van der Waals surface area contributed by atoms with Crippen LogP contribution in [0, 0.1) is 0 Å². The van der Waals surface area contributed by atoms with Gasteiger partial charge < -0.3 is 8.85 Å². The minimum atomic E-state index is -2.24. The average Bonchev–Trinajstić information content (AvgIpc) is 2.02. The second-order valence-corrected chi connectivity index (χ2v) is 7.33. The summed E-state index contributed by atoms with van der Waals surface area (Å²) in [5.74, 6) is -0.312. The summed E-state index contributed by atoms with van der Waals surface area (Å²) in [5.41, 5.74) is 0.445. The Hall–Kier alpha value is -0.613. The van der Waals surface area contributed by atoms with Gasteiger partial charge in [-0.1, -0.05) is 6.58 Å². The predicted octanol–water partition coefficient (Wildman–Crippen LogP) is 2.38. The van der Waals surface area contributed by atoms with E-state index in [9.17, 15) is 4.79 Å². The van der Waals surface area contributed by atoms with Gasteiger partial charge in [-0.25, -0.2) is 4.79 Å². The predicted molar refractivity (Wildman–Crippen MR) is 57.1 cm³/mol. The molecule has 0 N–H and O–H groups in total. The van der Waals surface area contributed by atoms with Crippen molar-refractivity contribution in [1.82, 2.24) is 0 Å². The van der Waals surface area contributed by atoms with E-state index in [-0.39, 0.29) is 12.1 Å². The normalized spacial score (nSPS) is 32.4. The van der Waals surface area contributed by atoms with Gasteiger partial charge in [-0.15, -0.1) is 0 Å². The number of rotatable bonds is 2. The van der Waals surface area contributed by atoms with Gasteiger partial charge in [0.1, 0.15) is 0 Å². The summed E-state index contributed by atoms with van der Waals surface area (Å²) >= 11 is 0. The molecule has 0 bridgehead atoms. The van der Waals surface area contributed by atoms with Gasteiger partial charge in [0.25, 0.3) is 0 Å². The molecule has 0 amide bonds. The van der Waals surface area contributed by atoms with E-state index in [1.165, 1.54) is 0 Å². The van der Waals surface area contributed by atoms with E-state index in [4.69, 9.17) is 8.85 Å². The van der Waals surface area contributed by atoms with E-state index in [0.717, 1.165) is 18.9 Å². The Morgan fingerprint density at radius 3 is 2.79 bits per heavy atom. The molecule has 4 heteroatoms. The number of carbonyl (C=O) groups is 1. The lowest BCUT2D eigenvalue weighted by atomic mass is 10.2. The first-order valence-corrected chi connectivity index (χ1v) is 7.52. The molecule has 1 rings (SSSR count). The van der Waals surface area contributed by atoms with Gasteiger partial charge in [-0.05, 0) is 33.2 Å². The molecule has 80 valence electrons. The van der Waals surface area contributed by atoms with Crippen LogP contribution in [-0.4, -0.2) is 20.6 Å². The zero-order valence-electron chi connectivity index (χ0n) is 9.13. The minimum Gasteiger partial charge on any atom is -0.491 e. The number of hydrogen-bond donors (Lipinski definition) is 0. The lowest BCUT2D eigenvalue weighted by Crippen LogP contribution is -2.46. The van der Waals surface area contributed by atoms with Gasteiger partial charge in [-0.3, -0.25) is 0 Å². The molecule has 2 unspecified atom stereocenters. The molecule has 0 aromatic rings. The third kappa shape index (κ3) is 2.96. The molecule has 14 heavy (non-hydrogen) atoms. The SMILES string of the molecule is C=C(C)C(=O)O[Si]1(C)CCCC(C)O1. The molecule has 1 saturated heterocycles. The van der Waals surface area contributed by atoms with Crippen molar-refractivity contribution in [3.63, 3.8) is 0 Å². The monoisotopic (exact) mass is 214 g/mol. The van der Waals surface area contributed by atoms with Crippen LogP contribution < -0.4 is 0 Å². The Bertz CT molecular complexity index is 252. The molecular weight excluding hydrogens is 196 g/mol. The summed E-state index contributed by atoms with van der Waals surface area (Å²) in [6.45, 7) is 9.20. The lowest BCUT2D eigenvalue weighted by Gasteiger charge is -2.34. The van der Waals surface area contributed by atoms with Gasteiger partial charge >= 0.3 is 14.5 Å². The Balaban J connectivity index is 2.56. The highest BCUT2D eigenvalue weighted by Crippen LogP contribution is 2.27. The van der Waals surface area contributed by atoms with Crippen LogP contribution in [0.5, 0.6) is 0 Å². The third-order valence-corrected chi connectivity index (χ3v) is 5.13. The Morgan fingerprint density at radius 1 is 1.64 bits per heavy atom. The summed E-state index contributed by atoms with van der Waals surface area (Å²) in [6, 6.07) is 0.899. The molecule has 2 atom stereocenters. The Labute approximate surface area is 86.3 Å². The van der Waals surface area contributed by atoms with Crippen molar-refractivity contribution in [2.24, 2.45) is 0 Å². The first-order chi connectivity index (χ1) is 6.43. The zero-order chi connectivity index (χ0) is 10.8. The van der Waals surface area contributed by atoms with E-state index in [1.54, 1.807) is 6.92 Å². The van der Waals surface area contributed by atoms with Gasteiger partial charge in [-0.2, -0.15) is 0 Å². The van der Waals surface area contributed by atoms with Crippen molar-refractivity contribution in [2.45, 2.75) is 45.4 Å². The van der Waals surface area contributed by atoms with Crippen molar-refractivity contribution in [1.29, 1.82) is 0 Å². The maximum absolute atomic E-state index is 11.4. The first kappa shape index (κ1) is 11.5. The molecule has 0 spiro atoms. The topological polar surface area (TPSA) is 35.5 Å². The lowest BCUT2D eigenvalue weighted by molar-refractivity contribution is -0.132. The van der Waals surface area contributed by atoms with Crippen molar-refractivity contribution in [3.05, 3.63) is 12.2 Å². The van der Waals surface area contributed by atoms with E-state index in [0.29, 0.717) is 5.57 Å². The molecule has 0 aromatic heterocycles. The van der Waals surface area contributed by atoms with Crippen LogP contribution in [0.2, 0.25) is 12.6 Å². The van der Waals surface area contributed by atoms with Crippen molar-refractivity contribution in [2.75, 3.05) is 0 Å². The third-order valence-electron chi connectivity index (χ3n) is 2.35. The summed E-state index contributed by atoms with van der Waals surface area (Å²) in [4.78, 5) is 11.4. The van der Waals surface area contributed by atoms with E-state index >= 15 is 0 Å².